The monoisotopic (exact) mass is 328 g/mol. The normalized spacial score (nSPS) is 10.6. The van der Waals surface area contributed by atoms with Crippen LogP contribution in [-0.2, 0) is 4.74 Å². The van der Waals surface area contributed by atoms with Gasteiger partial charge < -0.3 is 19.3 Å². The zero-order valence-electron chi connectivity index (χ0n) is 13.9. The van der Waals surface area contributed by atoms with E-state index < -0.39 is 5.97 Å². The SMILES string of the molecule is CCOC(=O)c1cc(C=Cc2ccc(OC)c(OC)c2)ccc1O. The lowest BCUT2D eigenvalue weighted by Crippen LogP contribution is -2.05. The Labute approximate surface area is 141 Å². The van der Waals surface area contributed by atoms with E-state index in [-0.39, 0.29) is 17.9 Å². The maximum Gasteiger partial charge on any atom is 0.341 e. The van der Waals surface area contributed by atoms with Crippen molar-refractivity contribution in [1.82, 2.24) is 0 Å². The molecule has 0 bridgehead atoms. The zero-order chi connectivity index (χ0) is 17.5. The molecule has 0 aliphatic carbocycles. The number of esters is 1. The van der Waals surface area contributed by atoms with Gasteiger partial charge in [-0.05, 0) is 42.3 Å². The van der Waals surface area contributed by atoms with Gasteiger partial charge in [-0.1, -0.05) is 24.3 Å². The molecular formula is C19H20O5. The standard InChI is InChI=1S/C19H20O5/c1-4-24-19(21)15-11-13(7-9-16(15)20)5-6-14-8-10-17(22-2)18(12-14)23-3/h5-12,20H,4H2,1-3H3. The summed E-state index contributed by atoms with van der Waals surface area (Å²) in [5.74, 6) is 0.648. The third-order valence-corrected chi connectivity index (χ3v) is 3.39. The van der Waals surface area contributed by atoms with Crippen LogP contribution in [-0.4, -0.2) is 31.9 Å². The Morgan fingerprint density at radius 3 is 2.25 bits per heavy atom. The Hall–Kier alpha value is -2.95. The minimum Gasteiger partial charge on any atom is -0.507 e. The lowest BCUT2D eigenvalue weighted by molar-refractivity contribution is 0.0523. The number of carbonyl (C=O) groups excluding carboxylic acids is 1. The average molecular weight is 328 g/mol. The molecular weight excluding hydrogens is 308 g/mol. The lowest BCUT2D eigenvalue weighted by atomic mass is 10.1. The highest BCUT2D eigenvalue weighted by Crippen LogP contribution is 2.28. The second-order valence-electron chi connectivity index (χ2n) is 4.94. The minimum atomic E-state index is -0.545. The fourth-order valence-corrected chi connectivity index (χ4v) is 2.18. The number of hydrogen-bond donors (Lipinski definition) is 1. The van der Waals surface area contributed by atoms with E-state index >= 15 is 0 Å². The largest absolute Gasteiger partial charge is 0.507 e. The van der Waals surface area contributed by atoms with Crippen LogP contribution in [0.25, 0.3) is 12.2 Å². The van der Waals surface area contributed by atoms with Gasteiger partial charge in [0.2, 0.25) is 0 Å². The predicted octanol–water partition coefficient (Wildman–Crippen LogP) is 3.76. The summed E-state index contributed by atoms with van der Waals surface area (Å²) in [6.07, 6.45) is 3.71. The highest BCUT2D eigenvalue weighted by molar-refractivity contribution is 5.93. The third-order valence-electron chi connectivity index (χ3n) is 3.39. The molecule has 24 heavy (non-hydrogen) atoms. The minimum absolute atomic E-state index is 0.100. The van der Waals surface area contributed by atoms with Crippen molar-refractivity contribution in [3.63, 3.8) is 0 Å². The summed E-state index contributed by atoms with van der Waals surface area (Å²) in [6, 6.07) is 10.3. The maximum atomic E-state index is 11.8. The average Bonchev–Trinajstić information content (AvgIpc) is 2.60. The van der Waals surface area contributed by atoms with Gasteiger partial charge in [-0.3, -0.25) is 0 Å². The molecule has 0 aliphatic rings. The Morgan fingerprint density at radius 2 is 1.62 bits per heavy atom. The van der Waals surface area contributed by atoms with Gasteiger partial charge in [0.15, 0.2) is 11.5 Å². The van der Waals surface area contributed by atoms with Gasteiger partial charge in [-0.25, -0.2) is 4.79 Å². The fourth-order valence-electron chi connectivity index (χ4n) is 2.18. The van der Waals surface area contributed by atoms with Crippen LogP contribution in [0.1, 0.15) is 28.4 Å². The molecule has 0 atom stereocenters. The molecule has 0 aromatic heterocycles. The molecule has 0 radical (unpaired) electrons. The van der Waals surface area contributed by atoms with Crippen LogP contribution in [0.3, 0.4) is 0 Å². The molecule has 0 saturated heterocycles. The molecule has 0 spiro atoms. The van der Waals surface area contributed by atoms with E-state index in [1.807, 2.05) is 30.4 Å². The summed E-state index contributed by atoms with van der Waals surface area (Å²) in [7, 11) is 3.16. The molecule has 2 aromatic carbocycles. The predicted molar refractivity (Wildman–Crippen MR) is 92.5 cm³/mol. The maximum absolute atomic E-state index is 11.8. The van der Waals surface area contributed by atoms with E-state index in [0.717, 1.165) is 11.1 Å². The van der Waals surface area contributed by atoms with Crippen molar-refractivity contribution in [3.8, 4) is 17.2 Å². The highest BCUT2D eigenvalue weighted by atomic mass is 16.5. The van der Waals surface area contributed by atoms with Gasteiger partial charge in [-0.15, -0.1) is 0 Å². The Balaban J connectivity index is 2.26. The summed E-state index contributed by atoms with van der Waals surface area (Å²) in [5.41, 5.74) is 1.83. The van der Waals surface area contributed by atoms with Crippen molar-refractivity contribution in [2.24, 2.45) is 0 Å². The van der Waals surface area contributed by atoms with Crippen molar-refractivity contribution in [1.29, 1.82) is 0 Å². The second kappa shape index (κ2) is 8.06. The van der Waals surface area contributed by atoms with Crippen molar-refractivity contribution >= 4 is 18.1 Å². The molecule has 5 heteroatoms. The summed E-state index contributed by atoms with van der Waals surface area (Å²) in [4.78, 5) is 11.8. The number of rotatable bonds is 6. The van der Waals surface area contributed by atoms with Crippen molar-refractivity contribution in [3.05, 3.63) is 53.1 Å². The van der Waals surface area contributed by atoms with Gasteiger partial charge in [0.05, 0.1) is 20.8 Å². The summed E-state index contributed by atoms with van der Waals surface area (Å²) >= 11 is 0. The molecule has 0 heterocycles. The second-order valence-corrected chi connectivity index (χ2v) is 4.94. The Kier molecular flexibility index (Phi) is 5.84. The summed E-state index contributed by atoms with van der Waals surface area (Å²) in [5, 5.41) is 9.79. The first kappa shape index (κ1) is 17.4. The van der Waals surface area contributed by atoms with E-state index in [1.165, 1.54) is 6.07 Å². The van der Waals surface area contributed by atoms with Crippen LogP contribution in [0.2, 0.25) is 0 Å². The summed E-state index contributed by atoms with van der Waals surface area (Å²) in [6.45, 7) is 1.97. The molecule has 126 valence electrons. The fraction of sp³-hybridized carbons (Fsp3) is 0.211. The quantitative estimate of drug-likeness (QED) is 0.646. The number of ether oxygens (including phenoxy) is 3. The third kappa shape index (κ3) is 4.07. The van der Waals surface area contributed by atoms with Crippen LogP contribution in [0, 0.1) is 0 Å². The molecule has 2 aromatic rings. The van der Waals surface area contributed by atoms with Gasteiger partial charge >= 0.3 is 5.97 Å². The van der Waals surface area contributed by atoms with E-state index in [0.29, 0.717) is 11.5 Å². The number of phenols is 1. The van der Waals surface area contributed by atoms with Gasteiger partial charge in [0.1, 0.15) is 11.3 Å². The number of phenolic OH excluding ortho intramolecular Hbond substituents is 1. The van der Waals surface area contributed by atoms with Crippen LogP contribution in [0.4, 0.5) is 0 Å². The van der Waals surface area contributed by atoms with Gasteiger partial charge in [-0.2, -0.15) is 0 Å². The zero-order valence-corrected chi connectivity index (χ0v) is 13.9. The van der Waals surface area contributed by atoms with Crippen LogP contribution >= 0.6 is 0 Å². The van der Waals surface area contributed by atoms with Crippen LogP contribution in [0.5, 0.6) is 17.2 Å². The Morgan fingerprint density at radius 1 is 1.00 bits per heavy atom. The number of aromatic hydroxyl groups is 1. The smallest absolute Gasteiger partial charge is 0.341 e. The number of methoxy groups -OCH3 is 2. The first-order chi connectivity index (χ1) is 11.6. The molecule has 0 fully saturated rings. The van der Waals surface area contributed by atoms with Crippen LogP contribution in [0.15, 0.2) is 36.4 Å². The van der Waals surface area contributed by atoms with Gasteiger partial charge in [0.25, 0.3) is 0 Å². The van der Waals surface area contributed by atoms with E-state index in [1.54, 1.807) is 33.3 Å². The number of carbonyl (C=O) groups is 1. The van der Waals surface area contributed by atoms with Gasteiger partial charge in [0, 0.05) is 0 Å². The molecule has 0 amide bonds. The summed E-state index contributed by atoms with van der Waals surface area (Å²) < 4.78 is 15.4. The Bertz CT molecular complexity index is 749. The first-order valence-electron chi connectivity index (χ1n) is 7.49. The highest BCUT2D eigenvalue weighted by Gasteiger charge is 2.12. The topological polar surface area (TPSA) is 65.0 Å². The van der Waals surface area contributed by atoms with Crippen molar-refractivity contribution < 1.29 is 24.1 Å². The van der Waals surface area contributed by atoms with Crippen molar-refractivity contribution in [2.45, 2.75) is 6.92 Å². The van der Waals surface area contributed by atoms with Crippen molar-refractivity contribution in [2.75, 3.05) is 20.8 Å². The number of hydrogen-bond acceptors (Lipinski definition) is 5. The molecule has 2 rings (SSSR count). The molecule has 0 unspecified atom stereocenters. The van der Waals surface area contributed by atoms with E-state index in [4.69, 9.17) is 14.2 Å². The van der Waals surface area contributed by atoms with Crippen LogP contribution < -0.4 is 9.47 Å². The number of benzene rings is 2. The van der Waals surface area contributed by atoms with E-state index in [9.17, 15) is 9.90 Å². The molecule has 1 N–H and O–H groups in total. The first-order valence-corrected chi connectivity index (χ1v) is 7.49. The van der Waals surface area contributed by atoms with E-state index in [2.05, 4.69) is 0 Å². The molecule has 0 saturated carbocycles. The molecule has 5 nitrogen and oxygen atoms in total. The lowest BCUT2D eigenvalue weighted by Gasteiger charge is -2.08. The molecule has 0 aliphatic heterocycles.